The van der Waals surface area contributed by atoms with E-state index in [0.717, 1.165) is 0 Å². The number of rotatable bonds is 14. The van der Waals surface area contributed by atoms with Gasteiger partial charge in [-0.3, -0.25) is 29.0 Å². The Morgan fingerprint density at radius 1 is 0.642 bits per heavy atom. The number of phenols is 1. The molecule has 1 heterocycles. The number of benzene rings is 1. The lowest BCUT2D eigenvalue weighted by Gasteiger charge is -2.28. The van der Waals surface area contributed by atoms with Crippen LogP contribution < -0.4 is 5.63 Å². The zero-order valence-electron chi connectivity index (χ0n) is 33.3. The van der Waals surface area contributed by atoms with E-state index in [1.807, 2.05) is 0 Å². The highest BCUT2D eigenvalue weighted by Gasteiger charge is 2.29. The number of fused-ring (bicyclic) bond motifs is 1. The molecule has 0 aliphatic rings. The van der Waals surface area contributed by atoms with Crippen LogP contribution >= 0.6 is 0 Å². The third kappa shape index (κ3) is 16.0. The number of aromatic hydroxyl groups is 1. The zero-order chi connectivity index (χ0) is 40.7. The minimum atomic E-state index is -1.05. The van der Waals surface area contributed by atoms with Crippen molar-refractivity contribution in [2.45, 2.75) is 126 Å². The summed E-state index contributed by atoms with van der Waals surface area (Å²) in [6, 6.07) is 2.67. The van der Waals surface area contributed by atoms with Gasteiger partial charge in [-0.15, -0.1) is 0 Å². The smallest absolute Gasteiger partial charge is 0.351 e. The Kier molecular flexibility index (Phi) is 14.8. The molecule has 15 heteroatoms. The molecule has 0 bridgehead atoms. The van der Waals surface area contributed by atoms with Gasteiger partial charge in [-0.05, 0) is 102 Å². The number of phenolic OH excluding ortho intramolecular Hbond substituents is 1. The maximum Gasteiger partial charge on any atom is 0.351 e. The molecule has 15 nitrogen and oxygen atoms in total. The van der Waals surface area contributed by atoms with Crippen LogP contribution in [0.2, 0.25) is 0 Å². The molecular formula is C38H56N2O13. The van der Waals surface area contributed by atoms with Gasteiger partial charge in [-0.25, -0.2) is 9.59 Å². The van der Waals surface area contributed by atoms with E-state index < -0.39 is 82.3 Å². The molecular weight excluding hydrogens is 692 g/mol. The molecule has 0 aliphatic carbocycles. The molecule has 0 saturated carbocycles. The van der Waals surface area contributed by atoms with Crippen LogP contribution in [0.25, 0.3) is 11.0 Å². The Morgan fingerprint density at radius 3 is 1.38 bits per heavy atom. The molecule has 2 aromatic rings. The summed E-state index contributed by atoms with van der Waals surface area (Å²) in [4.78, 5) is 80.5. The third-order valence-corrected chi connectivity index (χ3v) is 6.53. The average molecular weight is 749 g/mol. The molecule has 0 saturated heterocycles. The molecule has 296 valence electrons. The molecule has 1 N–H and O–H groups in total. The fraction of sp³-hybridized carbons (Fsp3) is 0.632. The summed E-state index contributed by atoms with van der Waals surface area (Å²) in [6.07, 6.45) is 0. The predicted octanol–water partition coefficient (Wildman–Crippen LogP) is 4.65. The van der Waals surface area contributed by atoms with Gasteiger partial charge in [-0.1, -0.05) is 0 Å². The standard InChI is InChI=1S/C38H56N2O13/c1-14-48-33(46)25-16-23-15-24(17-39(19-27(41)50-35(2,3)4)20-28(42)51-36(5,6)7)31(45)26(32(23)49-34(25)47)18-40(21-29(43)52-37(8,9)10)22-30(44)53-38(11,12)13/h15-16,45H,14,17-22H2,1-13H3. The molecule has 0 radical (unpaired) electrons. The first-order chi connectivity index (χ1) is 24.1. The van der Waals surface area contributed by atoms with E-state index in [4.69, 9.17) is 28.1 Å². The summed E-state index contributed by atoms with van der Waals surface area (Å²) < 4.78 is 32.6. The minimum Gasteiger partial charge on any atom is -0.507 e. The van der Waals surface area contributed by atoms with E-state index in [9.17, 15) is 33.9 Å². The van der Waals surface area contributed by atoms with Crippen LogP contribution in [0.5, 0.6) is 5.75 Å². The first-order valence-electron chi connectivity index (χ1n) is 17.4. The van der Waals surface area contributed by atoms with Crippen molar-refractivity contribution in [3.05, 3.63) is 39.2 Å². The topological polar surface area (TPSA) is 188 Å². The number of ether oxygens (including phenoxy) is 5. The first-order valence-corrected chi connectivity index (χ1v) is 17.4. The number of carbonyl (C=O) groups is 5. The molecule has 0 aliphatic heterocycles. The van der Waals surface area contributed by atoms with Crippen molar-refractivity contribution in [3.8, 4) is 5.75 Å². The fourth-order valence-electron chi connectivity index (χ4n) is 5.03. The van der Waals surface area contributed by atoms with Crippen LogP contribution in [-0.4, -0.2) is 99.9 Å². The highest BCUT2D eigenvalue weighted by molar-refractivity contribution is 5.94. The van der Waals surface area contributed by atoms with Crippen molar-refractivity contribution in [1.29, 1.82) is 0 Å². The van der Waals surface area contributed by atoms with Gasteiger partial charge < -0.3 is 33.2 Å². The lowest BCUT2D eigenvalue weighted by molar-refractivity contribution is -0.162. The summed E-state index contributed by atoms with van der Waals surface area (Å²) in [5, 5.41) is 12.0. The monoisotopic (exact) mass is 748 g/mol. The van der Waals surface area contributed by atoms with Crippen molar-refractivity contribution in [3.63, 3.8) is 0 Å². The van der Waals surface area contributed by atoms with Crippen molar-refractivity contribution in [2.24, 2.45) is 0 Å². The van der Waals surface area contributed by atoms with Crippen LogP contribution in [0, 0.1) is 0 Å². The van der Waals surface area contributed by atoms with Crippen molar-refractivity contribution >= 4 is 40.8 Å². The van der Waals surface area contributed by atoms with E-state index in [1.54, 1.807) is 90.0 Å². The quantitative estimate of drug-likeness (QED) is 0.160. The number of carbonyl (C=O) groups excluding carboxylic acids is 5. The van der Waals surface area contributed by atoms with E-state index in [-0.39, 0.29) is 54.9 Å². The molecule has 0 unspecified atom stereocenters. The van der Waals surface area contributed by atoms with Crippen LogP contribution in [0.1, 0.15) is 111 Å². The number of hydrogen-bond acceptors (Lipinski definition) is 15. The number of hydrogen-bond donors (Lipinski definition) is 1. The van der Waals surface area contributed by atoms with Gasteiger partial charge >= 0.3 is 35.5 Å². The summed E-state index contributed by atoms with van der Waals surface area (Å²) in [7, 11) is 0. The van der Waals surface area contributed by atoms with Crippen LogP contribution in [0.3, 0.4) is 0 Å². The molecule has 0 fully saturated rings. The van der Waals surface area contributed by atoms with Gasteiger partial charge in [0, 0.05) is 24.0 Å². The predicted molar refractivity (Wildman–Crippen MR) is 194 cm³/mol. The molecule has 0 spiro atoms. The van der Waals surface area contributed by atoms with E-state index in [1.165, 1.54) is 21.9 Å². The normalized spacial score (nSPS) is 12.5. The molecule has 53 heavy (non-hydrogen) atoms. The summed E-state index contributed by atoms with van der Waals surface area (Å²) in [5.41, 5.74) is -4.89. The maximum absolute atomic E-state index is 13.1. The highest BCUT2D eigenvalue weighted by Crippen LogP contribution is 2.34. The van der Waals surface area contributed by atoms with Gasteiger partial charge in [0.25, 0.3) is 0 Å². The largest absolute Gasteiger partial charge is 0.507 e. The Bertz CT molecular complexity index is 1660. The second-order valence-corrected chi connectivity index (χ2v) is 16.6. The molecule has 2 rings (SSSR count). The van der Waals surface area contributed by atoms with Crippen LogP contribution in [-0.2, 0) is 56.0 Å². The van der Waals surface area contributed by atoms with E-state index >= 15 is 0 Å². The zero-order valence-corrected chi connectivity index (χ0v) is 33.3. The van der Waals surface area contributed by atoms with Gasteiger partial charge in [0.1, 0.15) is 39.3 Å². The van der Waals surface area contributed by atoms with Crippen LogP contribution in [0.15, 0.2) is 21.3 Å². The molecule has 1 aromatic carbocycles. The molecule has 0 amide bonds. The second kappa shape index (κ2) is 17.5. The Morgan fingerprint density at radius 2 is 1.02 bits per heavy atom. The Labute approximate surface area is 310 Å². The highest BCUT2D eigenvalue weighted by atomic mass is 16.6. The van der Waals surface area contributed by atoms with Crippen molar-refractivity contribution in [1.82, 2.24) is 9.80 Å². The SMILES string of the molecule is CCOC(=O)c1cc2cc(CN(CC(=O)OC(C)(C)C)CC(=O)OC(C)(C)C)c(O)c(CN(CC(=O)OC(C)(C)C)CC(=O)OC(C)(C)C)c2oc1=O. The summed E-state index contributed by atoms with van der Waals surface area (Å²) in [6.45, 7) is 19.6. The number of nitrogens with zero attached hydrogens (tertiary/aromatic N) is 2. The lowest BCUT2D eigenvalue weighted by atomic mass is 10.0. The van der Waals surface area contributed by atoms with Gasteiger partial charge in [0.05, 0.1) is 38.3 Å². The molecule has 0 atom stereocenters. The first kappa shape index (κ1) is 44.7. The van der Waals surface area contributed by atoms with E-state index in [2.05, 4.69) is 0 Å². The van der Waals surface area contributed by atoms with Crippen molar-refractivity contribution in [2.75, 3.05) is 32.8 Å². The van der Waals surface area contributed by atoms with Gasteiger partial charge in [-0.2, -0.15) is 0 Å². The summed E-state index contributed by atoms with van der Waals surface area (Å²) >= 11 is 0. The Hall–Kier alpha value is -4.50. The van der Waals surface area contributed by atoms with Gasteiger partial charge in [0.15, 0.2) is 0 Å². The number of esters is 5. The van der Waals surface area contributed by atoms with Crippen molar-refractivity contribution < 1.29 is 57.2 Å². The summed E-state index contributed by atoms with van der Waals surface area (Å²) in [5.74, 6) is -4.05. The third-order valence-electron chi connectivity index (χ3n) is 6.53. The minimum absolute atomic E-state index is 0.0169. The van der Waals surface area contributed by atoms with Gasteiger partial charge in [0.2, 0.25) is 0 Å². The average Bonchev–Trinajstić information content (AvgIpc) is 2.91. The van der Waals surface area contributed by atoms with Crippen LogP contribution in [0.4, 0.5) is 0 Å². The van der Waals surface area contributed by atoms with E-state index in [0.29, 0.717) is 0 Å². The maximum atomic E-state index is 13.1. The fourth-order valence-corrected chi connectivity index (χ4v) is 5.03. The molecule has 1 aromatic heterocycles. The second-order valence-electron chi connectivity index (χ2n) is 16.6. The Balaban J connectivity index is 2.81. The lowest BCUT2D eigenvalue weighted by Crippen LogP contribution is -2.40.